The van der Waals surface area contributed by atoms with Crippen LogP contribution in [0, 0.1) is 0 Å². The summed E-state index contributed by atoms with van der Waals surface area (Å²) in [5, 5.41) is 19.0. The fourth-order valence-corrected chi connectivity index (χ4v) is 5.14. The lowest BCUT2D eigenvalue weighted by atomic mass is 10.0. The Hall–Kier alpha value is -2.52. The minimum Gasteiger partial charge on any atom is -0.481 e. The van der Waals surface area contributed by atoms with Gasteiger partial charge < -0.3 is 24.1 Å². The number of hydrogen-bond donors (Lipinski definition) is 2. The number of ether oxygens (including phenoxy) is 2. The molecule has 2 rings (SSSR count). The monoisotopic (exact) mass is 530 g/mol. The minimum atomic E-state index is -2.26. The summed E-state index contributed by atoms with van der Waals surface area (Å²) < 4.78 is 18.8. The summed E-state index contributed by atoms with van der Waals surface area (Å²) in [6.07, 6.45) is -1.27. The smallest absolute Gasteiger partial charge is 0.305 e. The number of benzene rings is 2. The molecular weight excluding hydrogens is 488 g/mol. The molecule has 2 atom stereocenters. The highest BCUT2D eigenvalue weighted by atomic mass is 28.4. The van der Waals surface area contributed by atoms with Crippen LogP contribution in [0.5, 0.6) is 0 Å². The third-order valence-electron chi connectivity index (χ3n) is 6.78. The molecule has 0 fully saturated rings. The Morgan fingerprint density at radius 2 is 1.11 bits per heavy atom. The Morgan fingerprint density at radius 1 is 0.730 bits per heavy atom. The highest BCUT2D eigenvalue weighted by Gasteiger charge is 2.40. The molecule has 2 aromatic carbocycles. The van der Waals surface area contributed by atoms with Crippen molar-refractivity contribution in [1.29, 1.82) is 0 Å². The molecule has 0 aliphatic carbocycles. The fourth-order valence-electron chi connectivity index (χ4n) is 3.76. The van der Waals surface area contributed by atoms with Gasteiger partial charge in [-0.1, -0.05) is 81.4 Å². The van der Waals surface area contributed by atoms with Gasteiger partial charge in [-0.05, 0) is 42.1 Å². The van der Waals surface area contributed by atoms with Crippen LogP contribution in [0.1, 0.15) is 57.6 Å². The van der Waals surface area contributed by atoms with Crippen molar-refractivity contribution in [2.24, 2.45) is 0 Å². The van der Waals surface area contributed by atoms with Gasteiger partial charge in [-0.2, -0.15) is 0 Å². The molecule has 0 heterocycles. The van der Waals surface area contributed by atoms with Gasteiger partial charge in [0.25, 0.3) is 0 Å². The summed E-state index contributed by atoms with van der Waals surface area (Å²) in [7, 11) is -2.26. The molecule has 204 valence electrons. The predicted molar refractivity (Wildman–Crippen MR) is 146 cm³/mol. The maximum Gasteiger partial charge on any atom is 0.305 e. The topological polar surface area (TPSA) is 102 Å². The van der Waals surface area contributed by atoms with E-state index in [-0.39, 0.29) is 31.1 Å². The molecule has 8 heteroatoms. The lowest BCUT2D eigenvalue weighted by Gasteiger charge is -2.40. The van der Waals surface area contributed by atoms with Gasteiger partial charge in [0.2, 0.25) is 0 Å². The first-order valence-electron chi connectivity index (χ1n) is 12.8. The Bertz CT molecular complexity index is 892. The standard InChI is InChI=1S/C29H42O7Si/c1-29(2,3)37(4,5)36-26(16-24(18-27(30)31)34-20-22-12-8-6-9-13-22)17-25(19-28(32)33)35-21-23-14-10-7-11-15-23/h6-15,24-26H,16-21H2,1-5H3,(H,30,31)(H,32,33)/t24-,25-/m1/s1. The second-order valence-electron chi connectivity index (χ2n) is 11.0. The first-order chi connectivity index (χ1) is 17.4. The van der Waals surface area contributed by atoms with Crippen LogP contribution in [0.4, 0.5) is 0 Å². The Balaban J connectivity index is 2.23. The number of carboxylic acids is 2. The molecule has 0 spiro atoms. The van der Waals surface area contributed by atoms with E-state index in [9.17, 15) is 19.8 Å². The summed E-state index contributed by atoms with van der Waals surface area (Å²) in [4.78, 5) is 23.3. The Labute approximate surface area is 221 Å². The van der Waals surface area contributed by atoms with Gasteiger partial charge >= 0.3 is 11.9 Å². The first kappa shape index (κ1) is 30.7. The average molecular weight is 531 g/mol. The highest BCUT2D eigenvalue weighted by molar-refractivity contribution is 6.74. The van der Waals surface area contributed by atoms with Crippen LogP contribution in [0.2, 0.25) is 18.1 Å². The van der Waals surface area contributed by atoms with Crippen molar-refractivity contribution in [3.63, 3.8) is 0 Å². The third-order valence-corrected chi connectivity index (χ3v) is 11.3. The van der Waals surface area contributed by atoms with E-state index in [1.807, 2.05) is 60.7 Å². The van der Waals surface area contributed by atoms with E-state index in [2.05, 4.69) is 33.9 Å². The van der Waals surface area contributed by atoms with Crippen molar-refractivity contribution in [2.75, 3.05) is 0 Å². The van der Waals surface area contributed by atoms with E-state index in [0.717, 1.165) is 11.1 Å². The predicted octanol–water partition coefficient (Wildman–Crippen LogP) is 6.28. The number of carboxylic acid groups (broad SMARTS) is 2. The lowest BCUT2D eigenvalue weighted by molar-refractivity contribution is -0.141. The Kier molecular flexibility index (Phi) is 12.0. The van der Waals surface area contributed by atoms with Gasteiger partial charge in [-0.15, -0.1) is 0 Å². The maximum absolute atomic E-state index is 11.7. The molecule has 0 amide bonds. The molecule has 0 bridgehead atoms. The van der Waals surface area contributed by atoms with E-state index < -0.39 is 38.6 Å². The summed E-state index contributed by atoms with van der Waals surface area (Å²) in [5.74, 6) is -1.90. The third kappa shape index (κ3) is 11.6. The van der Waals surface area contributed by atoms with Gasteiger partial charge in [-0.25, -0.2) is 0 Å². The Morgan fingerprint density at radius 3 is 1.43 bits per heavy atom. The van der Waals surface area contributed by atoms with Gasteiger partial charge in [0, 0.05) is 0 Å². The molecule has 0 unspecified atom stereocenters. The molecule has 2 aromatic rings. The van der Waals surface area contributed by atoms with Crippen molar-refractivity contribution in [3.05, 3.63) is 71.8 Å². The largest absolute Gasteiger partial charge is 0.481 e. The molecule has 7 nitrogen and oxygen atoms in total. The second-order valence-corrected chi connectivity index (χ2v) is 15.8. The van der Waals surface area contributed by atoms with Crippen LogP contribution in [-0.2, 0) is 36.7 Å². The van der Waals surface area contributed by atoms with E-state index >= 15 is 0 Å². The van der Waals surface area contributed by atoms with Gasteiger partial charge in [0.15, 0.2) is 8.32 Å². The molecule has 2 N–H and O–H groups in total. The average Bonchev–Trinajstić information content (AvgIpc) is 2.80. The molecule has 0 radical (unpaired) electrons. The van der Waals surface area contributed by atoms with Gasteiger partial charge in [0.05, 0.1) is 44.4 Å². The minimum absolute atomic E-state index is 0.0777. The van der Waals surface area contributed by atoms with Crippen LogP contribution in [0.25, 0.3) is 0 Å². The molecule has 0 aromatic heterocycles. The summed E-state index contributed by atoms with van der Waals surface area (Å²) in [5.41, 5.74) is 1.91. The molecule has 0 saturated carbocycles. The zero-order valence-corrected chi connectivity index (χ0v) is 23.7. The second kappa shape index (κ2) is 14.4. The van der Waals surface area contributed by atoms with Gasteiger partial charge in [-0.3, -0.25) is 9.59 Å². The zero-order chi connectivity index (χ0) is 27.5. The van der Waals surface area contributed by atoms with E-state index in [0.29, 0.717) is 12.8 Å². The van der Waals surface area contributed by atoms with E-state index in [1.54, 1.807) is 0 Å². The quantitative estimate of drug-likeness (QED) is 0.246. The number of hydrogen-bond acceptors (Lipinski definition) is 5. The van der Waals surface area contributed by atoms with Crippen LogP contribution in [0.3, 0.4) is 0 Å². The number of carbonyl (C=O) groups is 2. The number of aliphatic carboxylic acids is 2. The van der Waals surface area contributed by atoms with Crippen molar-refractivity contribution < 1.29 is 33.7 Å². The van der Waals surface area contributed by atoms with Crippen LogP contribution >= 0.6 is 0 Å². The highest BCUT2D eigenvalue weighted by Crippen LogP contribution is 2.38. The summed E-state index contributed by atoms with van der Waals surface area (Å²) in [6, 6.07) is 19.2. The lowest BCUT2D eigenvalue weighted by Crippen LogP contribution is -2.46. The molecule has 37 heavy (non-hydrogen) atoms. The van der Waals surface area contributed by atoms with Gasteiger partial charge in [0.1, 0.15) is 0 Å². The van der Waals surface area contributed by atoms with E-state index in [4.69, 9.17) is 13.9 Å². The summed E-state index contributed by atoms with van der Waals surface area (Å²) in [6.45, 7) is 11.2. The van der Waals surface area contributed by atoms with Crippen molar-refractivity contribution >= 4 is 20.3 Å². The molecule has 0 aliphatic heterocycles. The zero-order valence-electron chi connectivity index (χ0n) is 22.7. The SMILES string of the molecule is CC(C)(C)[Si](C)(C)OC(C[C@H](CC(=O)O)OCc1ccccc1)C[C@H](CC(=O)O)OCc1ccccc1. The maximum atomic E-state index is 11.7. The molecule has 0 saturated heterocycles. The van der Waals surface area contributed by atoms with Crippen LogP contribution in [-0.4, -0.2) is 48.8 Å². The molecular formula is C29H42O7Si. The van der Waals surface area contributed by atoms with Crippen LogP contribution < -0.4 is 0 Å². The fraction of sp³-hybridized carbons (Fsp3) is 0.517. The van der Waals surface area contributed by atoms with Crippen molar-refractivity contribution in [2.45, 2.75) is 96.1 Å². The first-order valence-corrected chi connectivity index (χ1v) is 15.7. The number of rotatable bonds is 16. The van der Waals surface area contributed by atoms with E-state index in [1.165, 1.54) is 0 Å². The van der Waals surface area contributed by atoms with Crippen molar-refractivity contribution in [3.8, 4) is 0 Å². The van der Waals surface area contributed by atoms with Crippen LogP contribution in [0.15, 0.2) is 60.7 Å². The normalized spacial score (nSPS) is 13.9. The van der Waals surface area contributed by atoms with Crippen molar-refractivity contribution in [1.82, 2.24) is 0 Å². The molecule has 0 aliphatic rings. The summed E-state index contributed by atoms with van der Waals surface area (Å²) >= 11 is 0.